The van der Waals surface area contributed by atoms with Crippen molar-refractivity contribution in [3.05, 3.63) is 0 Å². The SMILES string of the molecule is CCC1CCO1.N=[N+]=N. The number of nitrogens with zero attached hydrogens (tertiary/aromatic N) is 1. The Morgan fingerprint density at radius 2 is 2.11 bits per heavy atom. The van der Waals surface area contributed by atoms with E-state index >= 15 is 0 Å². The van der Waals surface area contributed by atoms with Gasteiger partial charge in [0.05, 0.1) is 6.10 Å². The summed E-state index contributed by atoms with van der Waals surface area (Å²) in [5, 5.41) is 0. The quantitative estimate of drug-likeness (QED) is 0.407. The van der Waals surface area contributed by atoms with Gasteiger partial charge in [0.2, 0.25) is 4.91 Å². The Kier molecular flexibility index (Phi) is 4.97. The lowest BCUT2D eigenvalue weighted by Crippen LogP contribution is -2.25. The molecule has 0 saturated carbocycles. The lowest BCUT2D eigenvalue weighted by atomic mass is 10.1. The molecule has 4 heteroatoms. The highest BCUT2D eigenvalue weighted by Gasteiger charge is 2.13. The molecule has 9 heavy (non-hydrogen) atoms. The van der Waals surface area contributed by atoms with Crippen LogP contribution in [-0.4, -0.2) is 12.7 Å². The van der Waals surface area contributed by atoms with Gasteiger partial charge in [-0.3, -0.25) is 0 Å². The van der Waals surface area contributed by atoms with Crippen molar-refractivity contribution in [1.82, 2.24) is 4.91 Å². The predicted molar refractivity (Wildman–Crippen MR) is 32.2 cm³/mol. The predicted octanol–water partition coefficient (Wildman–Crippen LogP) is 1.30. The van der Waals surface area contributed by atoms with Crippen molar-refractivity contribution in [3.63, 3.8) is 0 Å². The first-order valence-corrected chi connectivity index (χ1v) is 3.00. The standard InChI is InChI=1S/C5H10O.H2N3/c1-2-5-3-4-6-5;1-3-2/h5H,2-4H2,1H3;1-2H/q;+1. The monoisotopic (exact) mass is 130 g/mol. The molecule has 0 aliphatic carbocycles. The third-order valence-electron chi connectivity index (χ3n) is 1.25. The summed E-state index contributed by atoms with van der Waals surface area (Å²) in [5.41, 5.74) is 11.0. The summed E-state index contributed by atoms with van der Waals surface area (Å²) in [6.45, 7) is 3.16. The van der Waals surface area contributed by atoms with E-state index < -0.39 is 0 Å². The van der Waals surface area contributed by atoms with E-state index in [1.165, 1.54) is 12.8 Å². The van der Waals surface area contributed by atoms with Gasteiger partial charge in [-0.15, -0.1) is 0 Å². The largest absolute Gasteiger partial charge is 0.378 e. The Balaban J connectivity index is 0.000000187. The Morgan fingerprint density at radius 3 is 2.11 bits per heavy atom. The molecular formula is C5H12N3O+. The van der Waals surface area contributed by atoms with Gasteiger partial charge in [0.25, 0.3) is 0 Å². The molecule has 1 heterocycles. The van der Waals surface area contributed by atoms with Crippen LogP contribution in [0.2, 0.25) is 0 Å². The molecule has 52 valence electrons. The summed E-state index contributed by atoms with van der Waals surface area (Å²) in [6, 6.07) is 0. The van der Waals surface area contributed by atoms with Crippen molar-refractivity contribution >= 4 is 0 Å². The van der Waals surface area contributed by atoms with Crippen molar-refractivity contribution < 1.29 is 4.74 Å². The fourth-order valence-corrected chi connectivity index (χ4v) is 0.606. The van der Waals surface area contributed by atoms with E-state index in [-0.39, 0.29) is 0 Å². The normalized spacial score (nSPS) is 22.6. The van der Waals surface area contributed by atoms with Crippen molar-refractivity contribution in [1.29, 1.82) is 11.1 Å². The van der Waals surface area contributed by atoms with Crippen LogP contribution in [0.5, 0.6) is 0 Å². The molecule has 0 radical (unpaired) electrons. The van der Waals surface area contributed by atoms with Crippen LogP contribution in [0, 0.1) is 11.1 Å². The van der Waals surface area contributed by atoms with E-state index in [2.05, 4.69) is 6.92 Å². The molecule has 2 N–H and O–H groups in total. The highest BCUT2D eigenvalue weighted by Crippen LogP contribution is 2.12. The number of nitrogens with one attached hydrogen (secondary N) is 2. The lowest BCUT2D eigenvalue weighted by Gasteiger charge is -2.24. The molecule has 0 amide bonds. The molecular weight excluding hydrogens is 118 g/mol. The molecule has 0 spiro atoms. The lowest BCUT2D eigenvalue weighted by molar-refractivity contribution is -0.0516. The van der Waals surface area contributed by atoms with E-state index in [1.807, 2.05) is 4.91 Å². The van der Waals surface area contributed by atoms with Gasteiger partial charge >= 0.3 is 0 Å². The summed E-state index contributed by atoms with van der Waals surface area (Å²) in [7, 11) is 0. The second-order valence-corrected chi connectivity index (χ2v) is 1.80. The van der Waals surface area contributed by atoms with E-state index in [1.54, 1.807) is 0 Å². The van der Waals surface area contributed by atoms with Crippen LogP contribution in [0.15, 0.2) is 0 Å². The van der Waals surface area contributed by atoms with Crippen molar-refractivity contribution in [2.75, 3.05) is 6.61 Å². The number of hydrogen-bond donors (Lipinski definition) is 2. The third kappa shape index (κ3) is 3.82. The fraction of sp³-hybridized carbons (Fsp3) is 1.00. The maximum absolute atomic E-state index is 5.50. The van der Waals surface area contributed by atoms with Gasteiger partial charge in [-0.2, -0.15) is 0 Å². The number of ether oxygens (including phenoxy) is 1. The number of hydrogen-bond acceptors (Lipinski definition) is 3. The van der Waals surface area contributed by atoms with Crippen LogP contribution >= 0.6 is 0 Å². The zero-order chi connectivity index (χ0) is 7.11. The molecule has 0 aromatic carbocycles. The van der Waals surface area contributed by atoms with Crippen LogP contribution in [0.3, 0.4) is 0 Å². The van der Waals surface area contributed by atoms with Crippen LogP contribution in [0.25, 0.3) is 0 Å². The first kappa shape index (κ1) is 8.27. The molecule has 1 aliphatic rings. The first-order valence-electron chi connectivity index (χ1n) is 3.00. The Morgan fingerprint density at radius 1 is 1.67 bits per heavy atom. The van der Waals surface area contributed by atoms with Gasteiger partial charge in [-0.25, -0.2) is 0 Å². The fourth-order valence-electron chi connectivity index (χ4n) is 0.606. The Hall–Kier alpha value is -0.730. The molecule has 1 rings (SSSR count). The zero-order valence-corrected chi connectivity index (χ0v) is 5.55. The first-order chi connectivity index (χ1) is 4.35. The summed E-state index contributed by atoms with van der Waals surface area (Å²) in [5.74, 6) is 0. The van der Waals surface area contributed by atoms with Crippen LogP contribution in [0.4, 0.5) is 0 Å². The van der Waals surface area contributed by atoms with E-state index in [4.69, 9.17) is 15.8 Å². The average molecular weight is 130 g/mol. The molecule has 1 fully saturated rings. The van der Waals surface area contributed by atoms with Crippen molar-refractivity contribution in [2.24, 2.45) is 0 Å². The van der Waals surface area contributed by atoms with Gasteiger partial charge < -0.3 is 4.74 Å². The second kappa shape index (κ2) is 5.41. The zero-order valence-electron chi connectivity index (χ0n) is 5.55. The smallest absolute Gasteiger partial charge is 0.211 e. The summed E-state index contributed by atoms with van der Waals surface area (Å²) >= 11 is 0. The van der Waals surface area contributed by atoms with E-state index in [9.17, 15) is 0 Å². The topological polar surface area (TPSA) is 71.0 Å². The Labute approximate surface area is 54.2 Å². The highest BCUT2D eigenvalue weighted by atomic mass is 16.5. The van der Waals surface area contributed by atoms with E-state index in [0.717, 1.165) is 6.61 Å². The average Bonchev–Trinajstić information content (AvgIpc) is 1.64. The molecule has 0 bridgehead atoms. The molecule has 4 nitrogen and oxygen atoms in total. The van der Waals surface area contributed by atoms with Gasteiger partial charge in [-0.1, -0.05) is 6.92 Å². The van der Waals surface area contributed by atoms with Gasteiger partial charge in [-0.05, 0) is 12.8 Å². The molecule has 1 atom stereocenters. The van der Waals surface area contributed by atoms with Gasteiger partial charge in [0.15, 0.2) is 0 Å². The van der Waals surface area contributed by atoms with E-state index in [0.29, 0.717) is 6.10 Å². The molecule has 1 unspecified atom stereocenters. The highest BCUT2D eigenvalue weighted by molar-refractivity contribution is 4.62. The van der Waals surface area contributed by atoms with Crippen LogP contribution in [-0.2, 0) is 4.74 Å². The minimum absolute atomic E-state index is 0.616. The summed E-state index contributed by atoms with van der Waals surface area (Å²) in [6.07, 6.45) is 3.10. The molecule has 0 aromatic heterocycles. The maximum Gasteiger partial charge on any atom is 0.211 e. The van der Waals surface area contributed by atoms with Crippen LogP contribution in [0.1, 0.15) is 19.8 Å². The minimum atomic E-state index is 0.616. The molecule has 0 aromatic rings. The molecule has 1 aliphatic heterocycles. The Bertz CT molecular complexity index is 91.6. The van der Waals surface area contributed by atoms with Gasteiger partial charge in [0, 0.05) is 6.61 Å². The van der Waals surface area contributed by atoms with Gasteiger partial charge in [0.1, 0.15) is 11.1 Å². The number of rotatable bonds is 1. The molecule has 1 saturated heterocycles. The summed E-state index contributed by atoms with van der Waals surface area (Å²) < 4.78 is 5.08. The second-order valence-electron chi connectivity index (χ2n) is 1.80. The minimum Gasteiger partial charge on any atom is -0.378 e. The van der Waals surface area contributed by atoms with Crippen molar-refractivity contribution in [2.45, 2.75) is 25.9 Å². The van der Waals surface area contributed by atoms with Crippen molar-refractivity contribution in [3.8, 4) is 0 Å². The third-order valence-corrected chi connectivity index (χ3v) is 1.25. The summed E-state index contributed by atoms with van der Waals surface area (Å²) in [4.78, 5) is 2.00. The van der Waals surface area contributed by atoms with Crippen LogP contribution < -0.4 is 4.91 Å². The maximum atomic E-state index is 5.50.